The fourth-order valence-corrected chi connectivity index (χ4v) is 6.17. The van der Waals surface area contributed by atoms with Crippen molar-refractivity contribution in [3.63, 3.8) is 0 Å². The third-order valence-corrected chi connectivity index (χ3v) is 8.77. The highest BCUT2D eigenvalue weighted by atomic mass is 35.5. The van der Waals surface area contributed by atoms with Crippen LogP contribution in [-0.2, 0) is 38.9 Å². The van der Waals surface area contributed by atoms with E-state index < -0.39 is 31.6 Å². The first-order valence-corrected chi connectivity index (χ1v) is 17.5. The first-order valence-electron chi connectivity index (χ1n) is 12.9. The lowest BCUT2D eigenvalue weighted by Gasteiger charge is -2.25. The number of hydrogen-bond donors (Lipinski definition) is 2. The lowest BCUT2D eigenvalue weighted by atomic mass is 10.3. The van der Waals surface area contributed by atoms with Crippen LogP contribution < -0.4 is 20.8 Å². The predicted octanol–water partition coefficient (Wildman–Crippen LogP) is 1.59. The van der Waals surface area contributed by atoms with Gasteiger partial charge in [0.2, 0.25) is 0 Å². The molecular weight excluding hydrogens is 659 g/mol. The molecule has 236 valence electrons. The third-order valence-electron chi connectivity index (χ3n) is 6.01. The van der Waals surface area contributed by atoms with E-state index in [1.165, 1.54) is 36.4 Å². The van der Waals surface area contributed by atoms with E-state index in [0.29, 0.717) is 37.9 Å². The highest BCUT2D eigenvalue weighted by Gasteiger charge is 2.26. The van der Waals surface area contributed by atoms with Crippen molar-refractivity contribution in [1.29, 1.82) is 0 Å². The van der Waals surface area contributed by atoms with Gasteiger partial charge < -0.3 is 20.3 Å². The Bertz CT molecular complexity index is 1640. The fraction of sp³-hybridized carbons (Fsp3) is 0.308. The Kier molecular flexibility index (Phi) is 10.4. The first kappa shape index (κ1) is 33.0. The Labute approximate surface area is 264 Å². The Hall–Kier alpha value is -3.86. The molecular formula is C26H28Cl2N6O8S2. The molecule has 2 aromatic carbocycles. The van der Waals surface area contributed by atoms with Crippen molar-refractivity contribution in [3.05, 3.63) is 58.6 Å². The van der Waals surface area contributed by atoms with Crippen LogP contribution in [0.15, 0.2) is 68.3 Å². The van der Waals surface area contributed by atoms with Gasteiger partial charge in [-0.15, -0.1) is 0 Å². The minimum Gasteiger partial charge on any atom is -0.370 e. The smallest absolute Gasteiger partial charge is 0.356 e. The number of rotatable bonds is 12. The summed E-state index contributed by atoms with van der Waals surface area (Å²) in [4.78, 5) is 44.8. The highest BCUT2D eigenvalue weighted by Crippen LogP contribution is 2.30. The van der Waals surface area contributed by atoms with Gasteiger partial charge in [-0.3, -0.25) is 9.98 Å². The summed E-state index contributed by atoms with van der Waals surface area (Å²) in [6, 6.07) is 7.97. The number of anilines is 2. The highest BCUT2D eigenvalue weighted by molar-refractivity contribution is 7.91. The maximum Gasteiger partial charge on any atom is 0.356 e. The van der Waals surface area contributed by atoms with Gasteiger partial charge in [0.1, 0.15) is 24.8 Å². The maximum atomic E-state index is 12.9. The molecule has 44 heavy (non-hydrogen) atoms. The van der Waals surface area contributed by atoms with Crippen molar-refractivity contribution in [3.8, 4) is 0 Å². The Morgan fingerprint density at radius 1 is 0.773 bits per heavy atom. The molecule has 0 unspecified atom stereocenters. The lowest BCUT2D eigenvalue weighted by Crippen LogP contribution is -2.38. The van der Waals surface area contributed by atoms with Gasteiger partial charge in [-0.25, -0.2) is 26.4 Å². The number of benzene rings is 2. The first-order chi connectivity index (χ1) is 20.7. The van der Waals surface area contributed by atoms with Crippen molar-refractivity contribution in [1.82, 2.24) is 10.6 Å². The van der Waals surface area contributed by atoms with Gasteiger partial charge in [0.05, 0.1) is 34.3 Å². The molecule has 0 fully saturated rings. The van der Waals surface area contributed by atoms with Gasteiger partial charge in [-0.1, -0.05) is 23.2 Å². The second kappa shape index (κ2) is 13.8. The van der Waals surface area contributed by atoms with Crippen LogP contribution in [0.3, 0.4) is 0 Å². The quantitative estimate of drug-likeness (QED) is 0.244. The molecule has 2 aromatic rings. The van der Waals surface area contributed by atoms with E-state index in [-0.39, 0.29) is 44.3 Å². The van der Waals surface area contributed by atoms with E-state index in [2.05, 4.69) is 20.6 Å². The summed E-state index contributed by atoms with van der Waals surface area (Å²) in [5, 5.41) is 8.38. The van der Waals surface area contributed by atoms with Crippen LogP contribution in [0.2, 0.25) is 10.0 Å². The average molecular weight is 688 g/mol. The van der Waals surface area contributed by atoms with Crippen molar-refractivity contribution < 1.29 is 36.1 Å². The fourth-order valence-electron chi connectivity index (χ4n) is 4.12. The number of nitrogens with zero attached hydrogens (tertiary/aromatic N) is 4. The molecule has 0 atom stereocenters. The average Bonchev–Trinajstić information content (AvgIpc) is 3.64. The largest absolute Gasteiger partial charge is 0.370 e. The lowest BCUT2D eigenvalue weighted by molar-refractivity contribution is -0.141. The number of carbonyl (C=O) groups is 2. The molecule has 2 aliphatic heterocycles. The minimum absolute atomic E-state index is 0.0222. The van der Waals surface area contributed by atoms with E-state index in [9.17, 15) is 26.4 Å². The van der Waals surface area contributed by atoms with Gasteiger partial charge >= 0.3 is 11.9 Å². The minimum atomic E-state index is -3.77. The van der Waals surface area contributed by atoms with E-state index in [0.717, 1.165) is 34.8 Å². The van der Waals surface area contributed by atoms with Crippen molar-refractivity contribution in [2.45, 2.75) is 9.79 Å². The zero-order chi connectivity index (χ0) is 32.1. The Balaban J connectivity index is 1.57. The number of nitrogens with one attached hydrogen (secondary N) is 2. The monoisotopic (exact) mass is 686 g/mol. The maximum absolute atomic E-state index is 12.9. The van der Waals surface area contributed by atoms with Crippen LogP contribution in [-0.4, -0.2) is 92.2 Å². The van der Waals surface area contributed by atoms with Gasteiger partial charge in [0.15, 0.2) is 19.7 Å². The van der Waals surface area contributed by atoms with Gasteiger partial charge in [0, 0.05) is 47.8 Å². The SMILES string of the molecule is CS(=O)(=O)c1ccc(Cl)cc1N(CC1=NCCN1)OC(=O)/C=C/C(=O)ON(CC1=NCCN1)c1cc(Cl)ccc1S(C)(=O)=O. The van der Waals surface area contributed by atoms with Crippen LogP contribution in [0, 0.1) is 0 Å². The van der Waals surface area contributed by atoms with Gasteiger partial charge in [0.25, 0.3) is 0 Å². The summed E-state index contributed by atoms with van der Waals surface area (Å²) in [6.45, 7) is 1.76. The number of amidine groups is 2. The summed E-state index contributed by atoms with van der Waals surface area (Å²) in [5.41, 5.74) is -0.0444. The van der Waals surface area contributed by atoms with Crippen molar-refractivity contribution in [2.24, 2.45) is 9.98 Å². The number of aliphatic imine (C=N–C) groups is 2. The van der Waals surface area contributed by atoms with Crippen molar-refractivity contribution in [2.75, 3.05) is 61.9 Å². The molecule has 4 rings (SSSR count). The normalized spacial score (nSPS) is 14.8. The summed E-state index contributed by atoms with van der Waals surface area (Å²) in [5.74, 6) is -1.26. The molecule has 2 aliphatic rings. The van der Waals surface area contributed by atoms with Gasteiger partial charge in [-0.2, -0.15) is 10.1 Å². The predicted molar refractivity (Wildman–Crippen MR) is 166 cm³/mol. The molecule has 0 saturated carbocycles. The molecule has 18 heteroatoms. The molecule has 0 saturated heterocycles. The Morgan fingerprint density at radius 2 is 1.16 bits per heavy atom. The molecule has 2 heterocycles. The summed E-state index contributed by atoms with van der Waals surface area (Å²) >= 11 is 12.3. The summed E-state index contributed by atoms with van der Waals surface area (Å²) < 4.78 is 49.9. The zero-order valence-electron chi connectivity index (χ0n) is 23.5. The standard InChI is InChI=1S/C26H28Cl2N6O8S2/c1-43(37,38)21-5-3-17(27)13-19(21)33(15-23-29-9-10-30-23)41-25(35)7-8-26(36)42-34(16-24-31-11-12-32-24)20-14-18(28)4-6-22(20)44(2,39)40/h3-8,13-14H,9-12,15-16H2,1-2H3,(H,29,30)(H,31,32)/b8-7+. The van der Waals surface area contributed by atoms with E-state index >= 15 is 0 Å². The van der Waals surface area contributed by atoms with Crippen LogP contribution in [0.5, 0.6) is 0 Å². The molecule has 0 aromatic heterocycles. The van der Waals surface area contributed by atoms with E-state index in [1.807, 2.05) is 0 Å². The number of hydrogen-bond acceptors (Lipinski definition) is 14. The number of sulfone groups is 2. The molecule has 0 aliphatic carbocycles. The van der Waals surface area contributed by atoms with Crippen LogP contribution in [0.25, 0.3) is 0 Å². The van der Waals surface area contributed by atoms with E-state index in [1.54, 1.807) is 0 Å². The summed E-state index contributed by atoms with van der Waals surface area (Å²) in [7, 11) is -7.55. The van der Waals surface area contributed by atoms with Crippen LogP contribution in [0.1, 0.15) is 0 Å². The number of halogens is 2. The van der Waals surface area contributed by atoms with Crippen LogP contribution >= 0.6 is 23.2 Å². The topological polar surface area (TPSA) is 176 Å². The Morgan fingerprint density at radius 3 is 1.48 bits per heavy atom. The summed E-state index contributed by atoms with van der Waals surface area (Å²) in [6.07, 6.45) is 3.52. The number of carbonyl (C=O) groups excluding carboxylic acids is 2. The van der Waals surface area contributed by atoms with Crippen LogP contribution in [0.4, 0.5) is 11.4 Å². The second-order valence-corrected chi connectivity index (χ2v) is 14.3. The number of hydroxylamine groups is 2. The molecule has 0 spiro atoms. The van der Waals surface area contributed by atoms with Gasteiger partial charge in [-0.05, 0) is 36.4 Å². The second-order valence-electron chi connectivity index (χ2n) is 9.51. The molecule has 2 N–H and O–H groups in total. The molecule has 0 amide bonds. The third kappa shape index (κ3) is 8.84. The van der Waals surface area contributed by atoms with E-state index in [4.69, 9.17) is 32.9 Å². The van der Waals surface area contributed by atoms with Crippen molar-refractivity contribution >= 4 is 77.9 Å². The molecule has 0 radical (unpaired) electrons. The molecule has 0 bridgehead atoms. The molecule has 14 nitrogen and oxygen atoms in total. The zero-order valence-corrected chi connectivity index (χ0v) is 26.6.